The SMILES string of the molecule is [c]1[nH]ccc1-c1c[nH]cn1. The van der Waals surface area contributed by atoms with Gasteiger partial charge in [-0.3, -0.25) is 0 Å². The third-order valence-electron chi connectivity index (χ3n) is 1.31. The Morgan fingerprint density at radius 2 is 2.50 bits per heavy atom. The van der Waals surface area contributed by atoms with Gasteiger partial charge in [0.25, 0.3) is 0 Å². The van der Waals surface area contributed by atoms with E-state index >= 15 is 0 Å². The highest BCUT2D eigenvalue weighted by atomic mass is 14.9. The zero-order valence-corrected chi connectivity index (χ0v) is 5.26. The lowest BCUT2D eigenvalue weighted by atomic mass is 10.3. The summed E-state index contributed by atoms with van der Waals surface area (Å²) in [5, 5.41) is 0. The Kier molecular flexibility index (Phi) is 1.07. The van der Waals surface area contributed by atoms with Crippen LogP contribution in [0.15, 0.2) is 24.8 Å². The average molecular weight is 132 g/mol. The van der Waals surface area contributed by atoms with Crippen LogP contribution in [0, 0.1) is 6.20 Å². The molecule has 2 heterocycles. The summed E-state index contributed by atoms with van der Waals surface area (Å²) in [5.41, 5.74) is 1.91. The second kappa shape index (κ2) is 2.02. The molecule has 1 radical (unpaired) electrons. The molecule has 0 bridgehead atoms. The maximum atomic E-state index is 4.05. The van der Waals surface area contributed by atoms with Gasteiger partial charge in [0.1, 0.15) is 0 Å². The molecule has 3 heteroatoms. The molecule has 2 rings (SSSR count). The van der Waals surface area contributed by atoms with Crippen molar-refractivity contribution in [3.63, 3.8) is 0 Å². The van der Waals surface area contributed by atoms with Gasteiger partial charge >= 0.3 is 0 Å². The van der Waals surface area contributed by atoms with E-state index in [1.54, 1.807) is 6.33 Å². The molecule has 0 saturated carbocycles. The minimum Gasteiger partial charge on any atom is -0.359 e. The predicted molar refractivity (Wildman–Crippen MR) is 37.2 cm³/mol. The van der Waals surface area contributed by atoms with E-state index in [9.17, 15) is 0 Å². The second-order valence-electron chi connectivity index (χ2n) is 1.97. The number of rotatable bonds is 1. The highest BCUT2D eigenvalue weighted by molar-refractivity contribution is 5.55. The molecule has 0 fully saturated rings. The van der Waals surface area contributed by atoms with Gasteiger partial charge in [0.2, 0.25) is 0 Å². The highest BCUT2D eigenvalue weighted by Crippen LogP contribution is 2.12. The molecule has 10 heavy (non-hydrogen) atoms. The Bertz CT molecular complexity index is 248. The van der Waals surface area contributed by atoms with Crippen LogP contribution in [-0.4, -0.2) is 15.0 Å². The van der Waals surface area contributed by atoms with Crippen LogP contribution in [0.25, 0.3) is 11.3 Å². The molecule has 0 saturated heterocycles. The Hall–Kier alpha value is -1.51. The maximum Gasteiger partial charge on any atom is 0.0927 e. The third kappa shape index (κ3) is 0.719. The van der Waals surface area contributed by atoms with Crippen LogP contribution >= 0.6 is 0 Å². The summed E-state index contributed by atoms with van der Waals surface area (Å²) in [6.45, 7) is 0. The van der Waals surface area contributed by atoms with E-state index < -0.39 is 0 Å². The van der Waals surface area contributed by atoms with Crippen molar-refractivity contribution < 1.29 is 0 Å². The zero-order chi connectivity index (χ0) is 6.81. The molecule has 0 atom stereocenters. The summed E-state index contributed by atoms with van der Waals surface area (Å²) in [5.74, 6) is 0. The van der Waals surface area contributed by atoms with Crippen LogP contribution in [0.1, 0.15) is 0 Å². The van der Waals surface area contributed by atoms with E-state index in [4.69, 9.17) is 0 Å². The minimum absolute atomic E-state index is 0.918. The van der Waals surface area contributed by atoms with Gasteiger partial charge in [-0.25, -0.2) is 4.98 Å². The van der Waals surface area contributed by atoms with Crippen molar-refractivity contribution in [2.75, 3.05) is 0 Å². The number of aromatic nitrogens is 3. The van der Waals surface area contributed by atoms with E-state index in [0.717, 1.165) is 11.3 Å². The Morgan fingerprint density at radius 3 is 3.10 bits per heavy atom. The third-order valence-corrected chi connectivity index (χ3v) is 1.31. The van der Waals surface area contributed by atoms with Crippen molar-refractivity contribution in [2.24, 2.45) is 0 Å². The first-order valence-corrected chi connectivity index (χ1v) is 3.01. The number of hydrogen-bond donors (Lipinski definition) is 2. The van der Waals surface area contributed by atoms with Gasteiger partial charge in [-0.05, 0) is 6.07 Å². The van der Waals surface area contributed by atoms with Crippen LogP contribution in [0.5, 0.6) is 0 Å². The Balaban J connectivity index is 2.48. The van der Waals surface area contributed by atoms with Crippen LogP contribution < -0.4 is 0 Å². The van der Waals surface area contributed by atoms with Gasteiger partial charge in [0, 0.05) is 18.0 Å². The number of nitrogens with zero attached hydrogens (tertiary/aromatic N) is 1. The number of nitrogens with one attached hydrogen (secondary N) is 2. The van der Waals surface area contributed by atoms with Gasteiger partial charge in [-0.15, -0.1) is 0 Å². The van der Waals surface area contributed by atoms with E-state index in [1.807, 2.05) is 18.5 Å². The summed E-state index contributed by atoms with van der Waals surface area (Å²) < 4.78 is 0. The van der Waals surface area contributed by atoms with Crippen LogP contribution in [0.2, 0.25) is 0 Å². The fraction of sp³-hybridized carbons (Fsp3) is 0. The lowest BCUT2D eigenvalue weighted by Gasteiger charge is -1.83. The number of imidazole rings is 1. The molecular weight excluding hydrogens is 126 g/mol. The van der Waals surface area contributed by atoms with Gasteiger partial charge < -0.3 is 9.97 Å². The Morgan fingerprint density at radius 1 is 1.50 bits per heavy atom. The Labute approximate surface area is 58.1 Å². The first-order valence-electron chi connectivity index (χ1n) is 3.01. The molecule has 2 aromatic rings. The van der Waals surface area contributed by atoms with Crippen molar-refractivity contribution >= 4 is 0 Å². The van der Waals surface area contributed by atoms with E-state index in [1.165, 1.54) is 0 Å². The van der Waals surface area contributed by atoms with Crippen molar-refractivity contribution in [1.82, 2.24) is 15.0 Å². The largest absolute Gasteiger partial charge is 0.359 e. The van der Waals surface area contributed by atoms with Crippen molar-refractivity contribution in [3.8, 4) is 11.3 Å². The number of aromatic amines is 2. The van der Waals surface area contributed by atoms with Crippen LogP contribution in [-0.2, 0) is 0 Å². The van der Waals surface area contributed by atoms with Crippen LogP contribution in [0.4, 0.5) is 0 Å². The molecule has 0 aliphatic carbocycles. The summed E-state index contributed by atoms with van der Waals surface area (Å²) in [7, 11) is 0. The number of hydrogen-bond acceptors (Lipinski definition) is 1. The topological polar surface area (TPSA) is 44.5 Å². The smallest absolute Gasteiger partial charge is 0.0927 e. The van der Waals surface area contributed by atoms with E-state index in [-0.39, 0.29) is 0 Å². The molecule has 0 spiro atoms. The average Bonchev–Trinajstić information content (AvgIpc) is 2.59. The maximum absolute atomic E-state index is 4.05. The monoisotopic (exact) mass is 132 g/mol. The normalized spacial score (nSPS) is 10.0. The quantitative estimate of drug-likeness (QED) is 0.601. The summed E-state index contributed by atoms with van der Waals surface area (Å²) in [4.78, 5) is 9.76. The molecule has 3 nitrogen and oxygen atoms in total. The molecular formula is C7H6N3. The molecule has 0 aliphatic rings. The van der Waals surface area contributed by atoms with E-state index in [2.05, 4.69) is 21.1 Å². The molecule has 0 unspecified atom stereocenters. The lowest BCUT2D eigenvalue weighted by molar-refractivity contribution is 1.31. The first kappa shape index (κ1) is 5.29. The van der Waals surface area contributed by atoms with Gasteiger partial charge in [0.15, 0.2) is 0 Å². The van der Waals surface area contributed by atoms with E-state index in [0.29, 0.717) is 0 Å². The summed E-state index contributed by atoms with van der Waals surface area (Å²) in [6, 6.07) is 1.93. The number of H-pyrrole nitrogens is 2. The molecule has 0 amide bonds. The van der Waals surface area contributed by atoms with Crippen LogP contribution in [0.3, 0.4) is 0 Å². The first-order chi connectivity index (χ1) is 4.97. The fourth-order valence-electron chi connectivity index (χ4n) is 0.843. The fourth-order valence-corrected chi connectivity index (χ4v) is 0.843. The summed E-state index contributed by atoms with van der Waals surface area (Å²) in [6.07, 6.45) is 8.24. The van der Waals surface area contributed by atoms with Gasteiger partial charge in [-0.1, -0.05) is 0 Å². The van der Waals surface area contributed by atoms with Crippen molar-refractivity contribution in [2.45, 2.75) is 0 Å². The minimum atomic E-state index is 0.918. The highest BCUT2D eigenvalue weighted by Gasteiger charge is 1.97. The molecule has 49 valence electrons. The summed E-state index contributed by atoms with van der Waals surface area (Å²) >= 11 is 0. The molecule has 0 aliphatic heterocycles. The second-order valence-corrected chi connectivity index (χ2v) is 1.97. The predicted octanol–water partition coefficient (Wildman–Crippen LogP) is 1.20. The van der Waals surface area contributed by atoms with Gasteiger partial charge in [0.05, 0.1) is 18.2 Å². The molecule has 0 aromatic carbocycles. The molecule has 2 aromatic heterocycles. The van der Waals surface area contributed by atoms with Crippen molar-refractivity contribution in [1.29, 1.82) is 0 Å². The lowest BCUT2D eigenvalue weighted by Crippen LogP contribution is -1.69. The molecule has 2 N–H and O–H groups in total. The van der Waals surface area contributed by atoms with Crippen molar-refractivity contribution in [3.05, 3.63) is 31.0 Å². The zero-order valence-electron chi connectivity index (χ0n) is 5.26. The van der Waals surface area contributed by atoms with Gasteiger partial charge in [-0.2, -0.15) is 0 Å². The standard InChI is InChI=1S/C7H6N3/c1-2-8-3-6(1)7-4-9-5-10-7/h1-2,4-5,8H,(H,9,10).